The average molecular weight is 443 g/mol. The Morgan fingerprint density at radius 2 is 1.88 bits per heavy atom. The summed E-state index contributed by atoms with van der Waals surface area (Å²) in [6.07, 6.45) is 1.89. The van der Waals surface area contributed by atoms with E-state index in [0.29, 0.717) is 24.0 Å². The normalized spacial score (nSPS) is 11.2. The summed E-state index contributed by atoms with van der Waals surface area (Å²) in [6, 6.07) is 23.7. The van der Waals surface area contributed by atoms with Gasteiger partial charge in [0, 0.05) is 0 Å². The van der Waals surface area contributed by atoms with Crippen LogP contribution in [0.3, 0.4) is 0 Å². The van der Waals surface area contributed by atoms with E-state index >= 15 is 0 Å². The van der Waals surface area contributed by atoms with Crippen LogP contribution in [0, 0.1) is 0 Å². The van der Waals surface area contributed by atoms with Gasteiger partial charge in [0.2, 0.25) is 5.91 Å². The van der Waals surface area contributed by atoms with E-state index in [2.05, 4.69) is 18.2 Å². The Bertz CT molecular complexity index is 1370. The highest BCUT2D eigenvalue weighted by molar-refractivity contribution is 7.22. The van der Waals surface area contributed by atoms with Gasteiger partial charge >= 0.3 is 0 Å². The second-order valence-corrected chi connectivity index (χ2v) is 8.42. The van der Waals surface area contributed by atoms with Crippen molar-refractivity contribution in [2.75, 3.05) is 11.5 Å². The molecule has 5 aromatic rings. The zero-order valence-corrected chi connectivity index (χ0v) is 18.5. The maximum Gasteiger partial charge on any atom is 0.233 e. The molecule has 32 heavy (non-hydrogen) atoms. The van der Waals surface area contributed by atoms with Crippen LogP contribution in [0.5, 0.6) is 5.75 Å². The molecular weight excluding hydrogens is 420 g/mol. The van der Waals surface area contributed by atoms with Crippen molar-refractivity contribution in [1.82, 2.24) is 4.98 Å². The van der Waals surface area contributed by atoms with E-state index in [4.69, 9.17) is 14.1 Å². The van der Waals surface area contributed by atoms with E-state index in [1.807, 2.05) is 61.5 Å². The Morgan fingerprint density at radius 1 is 1.03 bits per heavy atom. The molecule has 0 unspecified atom stereocenters. The molecule has 2 heterocycles. The fraction of sp³-hybridized carbons (Fsp3) is 0.154. The minimum absolute atomic E-state index is 0.0326. The summed E-state index contributed by atoms with van der Waals surface area (Å²) < 4.78 is 12.3. The van der Waals surface area contributed by atoms with E-state index in [-0.39, 0.29) is 12.3 Å². The van der Waals surface area contributed by atoms with Crippen molar-refractivity contribution in [1.29, 1.82) is 0 Å². The van der Waals surface area contributed by atoms with Gasteiger partial charge in [-0.3, -0.25) is 9.69 Å². The Morgan fingerprint density at radius 3 is 2.72 bits per heavy atom. The Labute approximate surface area is 189 Å². The van der Waals surface area contributed by atoms with Crippen LogP contribution in [-0.2, 0) is 17.8 Å². The van der Waals surface area contributed by atoms with Gasteiger partial charge in [-0.05, 0) is 47.5 Å². The molecule has 0 spiro atoms. The highest BCUT2D eigenvalue weighted by atomic mass is 32.1. The lowest BCUT2D eigenvalue weighted by Gasteiger charge is -2.19. The Kier molecular flexibility index (Phi) is 5.60. The van der Waals surface area contributed by atoms with Gasteiger partial charge in [0.25, 0.3) is 0 Å². The number of ether oxygens (including phenoxy) is 1. The van der Waals surface area contributed by atoms with E-state index in [1.54, 1.807) is 11.2 Å². The van der Waals surface area contributed by atoms with Gasteiger partial charge in [-0.25, -0.2) is 4.98 Å². The summed E-state index contributed by atoms with van der Waals surface area (Å²) in [5, 5.41) is 2.84. The number of carbonyl (C=O) groups excluding carboxylic acids is 1. The summed E-state index contributed by atoms with van der Waals surface area (Å²) >= 11 is 1.48. The largest absolute Gasteiger partial charge is 0.492 e. The number of benzene rings is 3. The summed E-state index contributed by atoms with van der Waals surface area (Å²) in [6.45, 7) is 2.82. The molecule has 0 aliphatic rings. The Hall–Kier alpha value is -3.64. The molecule has 0 aliphatic carbocycles. The molecule has 0 atom stereocenters. The van der Waals surface area contributed by atoms with Crippen LogP contribution in [-0.4, -0.2) is 17.5 Å². The van der Waals surface area contributed by atoms with Crippen molar-refractivity contribution in [2.45, 2.75) is 19.9 Å². The smallest absolute Gasteiger partial charge is 0.233 e. The zero-order valence-electron chi connectivity index (χ0n) is 17.7. The summed E-state index contributed by atoms with van der Waals surface area (Å²) in [5.41, 5.74) is 1.77. The predicted molar refractivity (Wildman–Crippen MR) is 128 cm³/mol. The van der Waals surface area contributed by atoms with Gasteiger partial charge in [0.1, 0.15) is 17.0 Å². The van der Waals surface area contributed by atoms with Crippen LogP contribution < -0.4 is 9.64 Å². The van der Waals surface area contributed by atoms with Crippen molar-refractivity contribution in [3.63, 3.8) is 0 Å². The summed E-state index contributed by atoms with van der Waals surface area (Å²) in [4.78, 5) is 20.1. The third-order valence-corrected chi connectivity index (χ3v) is 6.36. The second kappa shape index (κ2) is 8.85. The molecule has 3 aromatic carbocycles. The van der Waals surface area contributed by atoms with Gasteiger partial charge in [-0.2, -0.15) is 0 Å². The minimum Gasteiger partial charge on any atom is -0.492 e. The second-order valence-electron chi connectivity index (χ2n) is 7.41. The fourth-order valence-electron chi connectivity index (χ4n) is 3.82. The average Bonchev–Trinajstić information content (AvgIpc) is 3.48. The zero-order chi connectivity index (χ0) is 21.9. The van der Waals surface area contributed by atoms with E-state index < -0.39 is 0 Å². The molecule has 0 N–H and O–H groups in total. The van der Waals surface area contributed by atoms with Gasteiger partial charge in [0.15, 0.2) is 5.13 Å². The highest BCUT2D eigenvalue weighted by Gasteiger charge is 2.23. The van der Waals surface area contributed by atoms with Crippen molar-refractivity contribution >= 4 is 43.4 Å². The van der Waals surface area contributed by atoms with Crippen molar-refractivity contribution < 1.29 is 13.9 Å². The molecule has 0 bridgehead atoms. The number of para-hydroxylation sites is 1. The molecule has 2 aromatic heterocycles. The number of thiazole rings is 1. The monoisotopic (exact) mass is 442 g/mol. The molecule has 0 radical (unpaired) electrons. The van der Waals surface area contributed by atoms with E-state index in [9.17, 15) is 4.79 Å². The molecule has 0 saturated heterocycles. The van der Waals surface area contributed by atoms with Crippen LogP contribution in [0.4, 0.5) is 5.13 Å². The van der Waals surface area contributed by atoms with E-state index in [0.717, 1.165) is 32.3 Å². The topological polar surface area (TPSA) is 55.6 Å². The van der Waals surface area contributed by atoms with Gasteiger partial charge < -0.3 is 9.15 Å². The molecule has 160 valence electrons. The van der Waals surface area contributed by atoms with Crippen molar-refractivity contribution in [3.05, 3.63) is 90.4 Å². The number of hydrogen-bond donors (Lipinski definition) is 0. The third-order valence-electron chi connectivity index (χ3n) is 5.32. The van der Waals surface area contributed by atoms with Crippen LogP contribution in [0.2, 0.25) is 0 Å². The van der Waals surface area contributed by atoms with Gasteiger partial charge in [0.05, 0.1) is 30.5 Å². The molecular formula is C26H22N2O3S. The maximum absolute atomic E-state index is 13.6. The standard InChI is InChI=1S/C26H22N2O3S/c1-2-30-22-13-6-14-23-25(22)27-26(32-23)28(17-20-11-7-15-31-20)24(29)16-19-10-5-9-18-8-3-4-12-21(18)19/h3-15H,2,16-17H2,1H3. The fourth-order valence-corrected chi connectivity index (χ4v) is 4.82. The number of fused-ring (bicyclic) bond motifs is 2. The molecule has 5 nitrogen and oxygen atoms in total. The first-order valence-electron chi connectivity index (χ1n) is 10.5. The molecule has 0 saturated carbocycles. The van der Waals surface area contributed by atoms with Crippen LogP contribution in [0.1, 0.15) is 18.2 Å². The SMILES string of the molecule is CCOc1cccc2sc(N(Cc3ccco3)C(=O)Cc3cccc4ccccc34)nc12. The first-order chi connectivity index (χ1) is 15.7. The number of amides is 1. The number of nitrogens with zero attached hydrogens (tertiary/aromatic N) is 2. The summed E-state index contributed by atoms with van der Waals surface area (Å²) in [7, 11) is 0. The van der Waals surface area contributed by atoms with Crippen molar-refractivity contribution in [2.24, 2.45) is 0 Å². The van der Waals surface area contributed by atoms with Gasteiger partial charge in [-0.1, -0.05) is 59.9 Å². The first kappa shape index (κ1) is 20.3. The lowest BCUT2D eigenvalue weighted by Crippen LogP contribution is -2.31. The molecule has 6 heteroatoms. The lowest BCUT2D eigenvalue weighted by atomic mass is 10.0. The number of rotatable bonds is 7. The maximum atomic E-state index is 13.6. The number of aromatic nitrogens is 1. The number of hydrogen-bond acceptors (Lipinski definition) is 5. The van der Waals surface area contributed by atoms with Crippen LogP contribution >= 0.6 is 11.3 Å². The Balaban J connectivity index is 1.53. The quantitative estimate of drug-likeness (QED) is 0.300. The highest BCUT2D eigenvalue weighted by Crippen LogP contribution is 2.35. The molecule has 0 aliphatic heterocycles. The third kappa shape index (κ3) is 3.97. The molecule has 1 amide bonds. The van der Waals surface area contributed by atoms with Gasteiger partial charge in [-0.15, -0.1) is 0 Å². The van der Waals surface area contributed by atoms with E-state index in [1.165, 1.54) is 11.3 Å². The number of anilines is 1. The number of carbonyl (C=O) groups is 1. The number of furan rings is 1. The summed E-state index contributed by atoms with van der Waals surface area (Å²) in [5.74, 6) is 1.40. The molecule has 0 fully saturated rings. The van der Waals surface area contributed by atoms with Crippen LogP contribution in [0.25, 0.3) is 21.0 Å². The lowest BCUT2D eigenvalue weighted by molar-refractivity contribution is -0.118. The van der Waals surface area contributed by atoms with Crippen LogP contribution in [0.15, 0.2) is 83.5 Å². The first-order valence-corrected chi connectivity index (χ1v) is 11.4. The minimum atomic E-state index is -0.0326. The van der Waals surface area contributed by atoms with Crippen molar-refractivity contribution in [3.8, 4) is 5.75 Å². The predicted octanol–water partition coefficient (Wildman–Crippen LogP) is 6.22. The molecule has 5 rings (SSSR count).